The van der Waals surface area contributed by atoms with Gasteiger partial charge in [0.2, 0.25) is 0 Å². The summed E-state index contributed by atoms with van der Waals surface area (Å²) in [5.41, 5.74) is -1.17. The molecule has 44 heavy (non-hydrogen) atoms. The molecular weight excluding hydrogens is 566 g/mol. The normalized spacial score (nSPS) is 46.5. The van der Waals surface area contributed by atoms with Crippen LogP contribution in [0.3, 0.4) is 0 Å². The Bertz CT molecular complexity index is 1280. The fraction of sp³-hybridized carbons (Fsp3) is 0.794. The first-order chi connectivity index (χ1) is 21.2. The van der Waals surface area contributed by atoms with Crippen molar-refractivity contribution in [1.82, 2.24) is 4.90 Å². The largest absolute Gasteiger partial charge is 0.493 e. The first-order valence-electron chi connectivity index (χ1n) is 16.2. The van der Waals surface area contributed by atoms with Gasteiger partial charge < -0.3 is 38.3 Å². The van der Waals surface area contributed by atoms with Crippen LogP contribution in [0.1, 0.15) is 43.0 Å². The summed E-state index contributed by atoms with van der Waals surface area (Å²) in [6.07, 6.45) is 2.27. The zero-order valence-electron chi connectivity index (χ0n) is 27.1. The van der Waals surface area contributed by atoms with Crippen LogP contribution in [0.5, 0.6) is 11.5 Å². The summed E-state index contributed by atoms with van der Waals surface area (Å²) in [7, 11) is 10.3. The van der Waals surface area contributed by atoms with Gasteiger partial charge in [0.25, 0.3) is 0 Å². The third-order valence-electron chi connectivity index (χ3n) is 13.2. The number of fused-ring (bicyclic) bond motifs is 2. The molecule has 1 aromatic carbocycles. The Morgan fingerprint density at radius 3 is 2.41 bits per heavy atom. The molecule has 0 radical (unpaired) electrons. The molecule has 1 aromatic rings. The van der Waals surface area contributed by atoms with Gasteiger partial charge in [-0.3, -0.25) is 4.90 Å². The van der Waals surface area contributed by atoms with Crippen molar-refractivity contribution in [3.63, 3.8) is 0 Å². The second-order valence-electron chi connectivity index (χ2n) is 14.2. The van der Waals surface area contributed by atoms with E-state index in [0.717, 1.165) is 32.4 Å². The molecule has 1 heterocycles. The minimum atomic E-state index is -1.15. The van der Waals surface area contributed by atoms with Crippen molar-refractivity contribution >= 4 is 5.97 Å². The van der Waals surface area contributed by atoms with E-state index in [2.05, 4.69) is 11.8 Å². The number of piperidine rings is 1. The molecule has 10 heteroatoms. The number of carbonyl (C=O) groups is 1. The van der Waals surface area contributed by atoms with E-state index in [9.17, 15) is 9.90 Å². The summed E-state index contributed by atoms with van der Waals surface area (Å²) in [5, 5.41) is 13.2. The monoisotopic (exact) mass is 615 g/mol. The van der Waals surface area contributed by atoms with Crippen molar-refractivity contribution in [3.8, 4) is 11.5 Å². The number of ether oxygens (including phenoxy) is 7. The Kier molecular flexibility index (Phi) is 7.54. The highest BCUT2D eigenvalue weighted by molar-refractivity contribution is 5.90. The number of benzene rings is 1. The highest BCUT2D eigenvalue weighted by Crippen LogP contribution is 2.79. The Morgan fingerprint density at radius 2 is 1.77 bits per heavy atom. The SMILES string of the molecule is CCN1C[C@]2(COC)CC[C@H](OC)C34C1C([C@H](OC)[C@@H]32)[C@@]1(O)C[C@H](OC)[C@H]2C[C@@H]4[C@@H]1[C@H]2OC(=O)c1ccc(OC)c(OC)c1. The number of methoxy groups -OCH3 is 6. The van der Waals surface area contributed by atoms with Gasteiger partial charge in [0.05, 0.1) is 50.3 Å². The molecule has 7 bridgehead atoms. The lowest BCUT2D eigenvalue weighted by Gasteiger charge is -2.69. The fourth-order valence-corrected chi connectivity index (χ4v) is 12.3. The zero-order valence-corrected chi connectivity index (χ0v) is 27.1. The molecule has 1 spiro atoms. The molecule has 6 aliphatic rings. The van der Waals surface area contributed by atoms with E-state index < -0.39 is 17.7 Å². The van der Waals surface area contributed by atoms with Gasteiger partial charge in [0, 0.05) is 81.9 Å². The summed E-state index contributed by atoms with van der Waals surface area (Å²) in [4.78, 5) is 16.5. The number of aliphatic hydroxyl groups is 1. The van der Waals surface area contributed by atoms with Crippen molar-refractivity contribution in [2.24, 2.45) is 40.4 Å². The quantitative estimate of drug-likeness (QED) is 0.395. The first kappa shape index (κ1) is 30.7. The average Bonchev–Trinajstić information content (AvgIpc) is 3.47. The maximum Gasteiger partial charge on any atom is 0.338 e. The Labute approximate surface area is 260 Å². The van der Waals surface area contributed by atoms with E-state index in [-0.39, 0.29) is 64.8 Å². The van der Waals surface area contributed by atoms with Crippen LogP contribution in [-0.2, 0) is 23.7 Å². The van der Waals surface area contributed by atoms with Crippen LogP contribution in [-0.4, -0.2) is 114 Å². The van der Waals surface area contributed by atoms with Gasteiger partial charge in [-0.2, -0.15) is 0 Å². The summed E-state index contributed by atoms with van der Waals surface area (Å²) in [6.45, 7) is 4.66. The summed E-state index contributed by atoms with van der Waals surface area (Å²) in [6, 6.07) is 5.16. The van der Waals surface area contributed by atoms with E-state index in [1.165, 1.54) is 0 Å². The molecular formula is C34H49NO9. The highest BCUT2D eigenvalue weighted by Gasteiger charge is 2.86. The van der Waals surface area contributed by atoms with Crippen LogP contribution in [0, 0.1) is 40.4 Å². The molecule has 5 aliphatic carbocycles. The van der Waals surface area contributed by atoms with Crippen molar-refractivity contribution in [1.29, 1.82) is 0 Å². The molecule has 0 aromatic heterocycles. The molecule has 10 nitrogen and oxygen atoms in total. The number of likely N-dealkylation sites (tertiary alicyclic amines) is 1. The highest BCUT2D eigenvalue weighted by atomic mass is 16.6. The minimum absolute atomic E-state index is 0.00317. The van der Waals surface area contributed by atoms with Gasteiger partial charge in [-0.25, -0.2) is 4.79 Å². The van der Waals surface area contributed by atoms with Crippen LogP contribution in [0.2, 0.25) is 0 Å². The third kappa shape index (κ3) is 3.67. The third-order valence-corrected chi connectivity index (χ3v) is 13.2. The van der Waals surface area contributed by atoms with Crippen LogP contribution < -0.4 is 9.47 Å². The average molecular weight is 616 g/mol. The van der Waals surface area contributed by atoms with E-state index in [0.29, 0.717) is 30.1 Å². The zero-order chi connectivity index (χ0) is 31.2. The number of carbonyl (C=O) groups excluding carboxylic acids is 1. The molecule has 3 unspecified atom stereocenters. The molecule has 13 atom stereocenters. The lowest BCUT2D eigenvalue weighted by Crippen LogP contribution is -2.76. The van der Waals surface area contributed by atoms with Crippen LogP contribution in [0.15, 0.2) is 18.2 Å². The smallest absolute Gasteiger partial charge is 0.338 e. The summed E-state index contributed by atoms with van der Waals surface area (Å²) < 4.78 is 42.5. The second-order valence-corrected chi connectivity index (χ2v) is 14.2. The topological polar surface area (TPSA) is 105 Å². The number of hydrogen-bond acceptors (Lipinski definition) is 10. The molecule has 1 saturated heterocycles. The maximum absolute atomic E-state index is 13.9. The van der Waals surface area contributed by atoms with Crippen LogP contribution in [0.4, 0.5) is 0 Å². The van der Waals surface area contributed by atoms with Crippen molar-refractivity contribution in [3.05, 3.63) is 23.8 Å². The van der Waals surface area contributed by atoms with E-state index in [4.69, 9.17) is 33.2 Å². The van der Waals surface area contributed by atoms with Crippen molar-refractivity contribution in [2.45, 2.75) is 68.7 Å². The first-order valence-corrected chi connectivity index (χ1v) is 16.2. The van der Waals surface area contributed by atoms with E-state index in [1.807, 2.05) is 7.11 Å². The molecule has 1 aliphatic heterocycles. The molecule has 7 rings (SSSR count). The Morgan fingerprint density at radius 1 is 1.00 bits per heavy atom. The molecule has 244 valence electrons. The van der Waals surface area contributed by atoms with Crippen LogP contribution >= 0.6 is 0 Å². The molecule has 6 fully saturated rings. The molecule has 1 N–H and O–H groups in total. The van der Waals surface area contributed by atoms with E-state index in [1.54, 1.807) is 53.7 Å². The number of rotatable bonds is 10. The number of esters is 1. The predicted molar refractivity (Wildman–Crippen MR) is 160 cm³/mol. The maximum atomic E-state index is 13.9. The Balaban J connectivity index is 1.37. The lowest BCUT2D eigenvalue weighted by atomic mass is 9.43. The lowest BCUT2D eigenvalue weighted by molar-refractivity contribution is -0.276. The Hall–Kier alpha value is -1.95. The fourth-order valence-electron chi connectivity index (χ4n) is 12.3. The molecule has 0 amide bonds. The summed E-state index contributed by atoms with van der Waals surface area (Å²) in [5.74, 6) is 0.288. The van der Waals surface area contributed by atoms with Gasteiger partial charge in [0.15, 0.2) is 11.5 Å². The summed E-state index contributed by atoms with van der Waals surface area (Å²) >= 11 is 0. The number of hydrogen-bond donors (Lipinski definition) is 1. The van der Waals surface area contributed by atoms with Gasteiger partial charge in [-0.1, -0.05) is 6.92 Å². The van der Waals surface area contributed by atoms with E-state index >= 15 is 0 Å². The predicted octanol–water partition coefficient (Wildman–Crippen LogP) is 3.04. The second kappa shape index (κ2) is 10.8. The molecule has 5 saturated carbocycles. The van der Waals surface area contributed by atoms with Gasteiger partial charge in [-0.05, 0) is 49.9 Å². The van der Waals surface area contributed by atoms with Gasteiger partial charge >= 0.3 is 5.97 Å². The van der Waals surface area contributed by atoms with Crippen LogP contribution in [0.25, 0.3) is 0 Å². The van der Waals surface area contributed by atoms with Gasteiger partial charge in [-0.15, -0.1) is 0 Å². The number of nitrogens with zero attached hydrogens (tertiary/aromatic N) is 1. The minimum Gasteiger partial charge on any atom is -0.493 e. The van der Waals surface area contributed by atoms with Crippen molar-refractivity contribution < 1.29 is 43.1 Å². The van der Waals surface area contributed by atoms with Crippen molar-refractivity contribution in [2.75, 3.05) is 62.4 Å². The van der Waals surface area contributed by atoms with Gasteiger partial charge in [0.1, 0.15) is 6.10 Å². The standard InChI is InChI=1S/C34H49NO9/c1-8-35-16-32(17-38-2)12-11-24(42-6)34-20-14-19-23(41-5)15-33(37,26(30(34)35)28(43-7)29(32)34)25(20)27(19)44-31(36)18-9-10-21(39-3)22(13-18)40-4/h9-10,13,19-20,23-30,37H,8,11-12,14-17H2,1-7H3/t19-,20-,23+,24+,25-,26?,27+,28+,29-,30?,32+,33-,34?/m1/s1.